The number of alkyl halides is 3. The van der Waals surface area contributed by atoms with Gasteiger partial charge in [0.1, 0.15) is 11.4 Å². The Hall–Kier alpha value is -3.03. The molecule has 14 heteroatoms. The van der Waals surface area contributed by atoms with Gasteiger partial charge < -0.3 is 14.4 Å². The second-order valence-electron chi connectivity index (χ2n) is 10.5. The normalized spacial score (nSPS) is 15.0. The van der Waals surface area contributed by atoms with Crippen LogP contribution in [-0.4, -0.2) is 78.4 Å². The highest BCUT2D eigenvalue weighted by molar-refractivity contribution is 7.89. The van der Waals surface area contributed by atoms with E-state index in [2.05, 4.69) is 4.74 Å². The average Bonchev–Trinajstić information content (AvgIpc) is 2.86. The summed E-state index contributed by atoms with van der Waals surface area (Å²) in [6.45, 7) is 7.68. The summed E-state index contributed by atoms with van der Waals surface area (Å²) in [5.41, 5.74) is -0.375. The minimum absolute atomic E-state index is 0.0432. The molecule has 1 heterocycles. The van der Waals surface area contributed by atoms with Gasteiger partial charge in [-0.15, -0.1) is 13.2 Å². The van der Waals surface area contributed by atoms with Crippen LogP contribution in [0.5, 0.6) is 5.75 Å². The highest BCUT2D eigenvalue weighted by Crippen LogP contribution is 2.30. The summed E-state index contributed by atoms with van der Waals surface area (Å²) in [6.07, 6.45) is -5.52. The Morgan fingerprint density at radius 1 is 1.02 bits per heavy atom. The maximum absolute atomic E-state index is 13.4. The number of hydrogen-bond donors (Lipinski definition) is 0. The lowest BCUT2D eigenvalue weighted by atomic mass is 10.1. The van der Waals surface area contributed by atoms with E-state index in [0.717, 1.165) is 6.07 Å². The van der Waals surface area contributed by atoms with E-state index in [1.54, 1.807) is 39.0 Å². The fraction of sp³-hybridized carbons (Fsp3) is 0.481. The van der Waals surface area contributed by atoms with E-state index >= 15 is 0 Å². The van der Waals surface area contributed by atoms with Crippen molar-refractivity contribution in [1.29, 1.82) is 0 Å². The summed E-state index contributed by atoms with van der Waals surface area (Å²) in [5.74, 6) is -2.02. The number of hydrogen-bond acceptors (Lipinski definition) is 7. The molecular formula is C27H33ClF3N3O6S. The van der Waals surface area contributed by atoms with Gasteiger partial charge >= 0.3 is 12.5 Å². The predicted octanol–water partition coefficient (Wildman–Crippen LogP) is 5.28. The second kappa shape index (κ2) is 12.9. The highest BCUT2D eigenvalue weighted by atomic mass is 35.5. The molecule has 226 valence electrons. The van der Waals surface area contributed by atoms with E-state index in [1.807, 2.05) is 4.90 Å². The molecule has 0 bridgehead atoms. The maximum atomic E-state index is 13.4. The van der Waals surface area contributed by atoms with Crippen LogP contribution in [0.3, 0.4) is 0 Å². The molecule has 0 spiro atoms. The summed E-state index contributed by atoms with van der Waals surface area (Å²) in [6, 6.07) is 9.74. The lowest BCUT2D eigenvalue weighted by Gasteiger charge is -2.35. The number of carbonyl (C=O) groups excluding carboxylic acids is 2. The quantitative estimate of drug-likeness (QED) is 0.396. The summed E-state index contributed by atoms with van der Waals surface area (Å²) < 4.78 is 75.9. The maximum Gasteiger partial charge on any atom is 0.573 e. The number of halogens is 4. The SMILES string of the molecule is CCS(=O)(=O)N(Cc1cccc(Cl)c1)C(=O)c1ccc(CN2CCN(C(=O)OC(C)(C)C)CC2)c(OC(F)(F)F)c1. The van der Waals surface area contributed by atoms with Crippen molar-refractivity contribution in [2.24, 2.45) is 0 Å². The molecule has 0 unspecified atom stereocenters. The first-order valence-electron chi connectivity index (χ1n) is 12.9. The van der Waals surface area contributed by atoms with E-state index in [9.17, 15) is 31.2 Å². The predicted molar refractivity (Wildman–Crippen MR) is 147 cm³/mol. The van der Waals surface area contributed by atoms with Gasteiger partial charge in [0.05, 0.1) is 12.3 Å². The number of sulfonamides is 1. The smallest absolute Gasteiger partial charge is 0.444 e. The van der Waals surface area contributed by atoms with Gasteiger partial charge in [0.25, 0.3) is 5.91 Å². The van der Waals surface area contributed by atoms with Crippen molar-refractivity contribution in [3.05, 3.63) is 64.2 Å². The highest BCUT2D eigenvalue weighted by Gasteiger charge is 2.34. The van der Waals surface area contributed by atoms with E-state index < -0.39 is 45.5 Å². The van der Waals surface area contributed by atoms with Crippen molar-refractivity contribution in [2.75, 3.05) is 31.9 Å². The molecule has 2 aromatic rings. The van der Waals surface area contributed by atoms with Crippen LogP contribution in [0.4, 0.5) is 18.0 Å². The average molecular weight is 620 g/mol. The van der Waals surface area contributed by atoms with Crippen molar-refractivity contribution >= 4 is 33.6 Å². The van der Waals surface area contributed by atoms with Crippen LogP contribution in [0.25, 0.3) is 0 Å². The van der Waals surface area contributed by atoms with Crippen LogP contribution in [0.15, 0.2) is 42.5 Å². The Morgan fingerprint density at radius 2 is 1.68 bits per heavy atom. The third-order valence-corrected chi connectivity index (χ3v) is 8.03. The van der Waals surface area contributed by atoms with Crippen molar-refractivity contribution in [1.82, 2.24) is 14.1 Å². The van der Waals surface area contributed by atoms with E-state index in [1.165, 1.54) is 30.0 Å². The minimum atomic E-state index is -5.05. The molecule has 0 atom stereocenters. The zero-order valence-electron chi connectivity index (χ0n) is 23.2. The van der Waals surface area contributed by atoms with Crippen LogP contribution in [-0.2, 0) is 27.8 Å². The largest absolute Gasteiger partial charge is 0.573 e. The molecule has 3 rings (SSSR count). The van der Waals surface area contributed by atoms with Gasteiger partial charge in [-0.05, 0) is 57.5 Å². The van der Waals surface area contributed by atoms with Gasteiger partial charge in [0.15, 0.2) is 0 Å². The van der Waals surface area contributed by atoms with Gasteiger partial charge in [-0.25, -0.2) is 17.5 Å². The molecule has 1 aliphatic rings. The third-order valence-electron chi connectivity index (χ3n) is 6.10. The van der Waals surface area contributed by atoms with Gasteiger partial charge in [0, 0.05) is 48.9 Å². The first kappa shape index (κ1) is 32.5. The molecule has 2 amide bonds. The molecule has 9 nitrogen and oxygen atoms in total. The lowest BCUT2D eigenvalue weighted by Crippen LogP contribution is -2.49. The zero-order chi connectivity index (χ0) is 30.6. The molecule has 0 aliphatic carbocycles. The van der Waals surface area contributed by atoms with Crippen LogP contribution >= 0.6 is 11.6 Å². The van der Waals surface area contributed by atoms with E-state index in [-0.39, 0.29) is 24.2 Å². The summed E-state index contributed by atoms with van der Waals surface area (Å²) in [5, 5.41) is 0.334. The molecule has 0 N–H and O–H groups in total. The molecule has 1 fully saturated rings. The molecule has 2 aromatic carbocycles. The van der Waals surface area contributed by atoms with Gasteiger partial charge in [-0.3, -0.25) is 9.69 Å². The number of ether oxygens (including phenoxy) is 2. The monoisotopic (exact) mass is 619 g/mol. The Balaban J connectivity index is 1.83. The Bertz CT molecular complexity index is 1360. The fourth-order valence-corrected chi connectivity index (χ4v) is 5.32. The van der Waals surface area contributed by atoms with Crippen molar-refractivity contribution in [3.63, 3.8) is 0 Å². The molecule has 1 aliphatic heterocycles. The van der Waals surface area contributed by atoms with Crippen LogP contribution in [0.1, 0.15) is 49.2 Å². The number of benzene rings is 2. The Labute approximate surface area is 242 Å². The molecule has 0 saturated carbocycles. The minimum Gasteiger partial charge on any atom is -0.444 e. The van der Waals surface area contributed by atoms with Crippen LogP contribution < -0.4 is 4.74 Å². The second-order valence-corrected chi connectivity index (χ2v) is 13.1. The summed E-state index contributed by atoms with van der Waals surface area (Å²) in [4.78, 5) is 29.1. The topological polar surface area (TPSA) is 96.5 Å². The first-order chi connectivity index (χ1) is 19.0. The van der Waals surface area contributed by atoms with Crippen molar-refractivity contribution in [2.45, 2.75) is 52.7 Å². The number of rotatable bonds is 8. The van der Waals surface area contributed by atoms with Crippen LogP contribution in [0.2, 0.25) is 5.02 Å². The van der Waals surface area contributed by atoms with Crippen LogP contribution in [0, 0.1) is 0 Å². The van der Waals surface area contributed by atoms with E-state index in [0.29, 0.717) is 41.1 Å². The van der Waals surface area contributed by atoms with Crippen molar-refractivity contribution < 1.29 is 40.7 Å². The molecular weight excluding hydrogens is 587 g/mol. The van der Waals surface area contributed by atoms with Gasteiger partial charge in [-0.2, -0.15) is 0 Å². The molecule has 0 aromatic heterocycles. The Morgan fingerprint density at radius 3 is 2.24 bits per heavy atom. The number of carbonyl (C=O) groups is 2. The fourth-order valence-electron chi connectivity index (χ4n) is 4.09. The summed E-state index contributed by atoms with van der Waals surface area (Å²) >= 11 is 6.00. The Kier molecular flexibility index (Phi) is 10.2. The third kappa shape index (κ3) is 9.50. The van der Waals surface area contributed by atoms with Crippen molar-refractivity contribution in [3.8, 4) is 5.75 Å². The van der Waals surface area contributed by atoms with Gasteiger partial charge in [0.2, 0.25) is 10.0 Å². The molecule has 1 saturated heterocycles. The van der Waals surface area contributed by atoms with E-state index in [4.69, 9.17) is 16.3 Å². The standard InChI is InChI=1S/C27H33ClF3N3O6S/c1-5-41(37,38)34(17-19-7-6-8-22(28)15-19)24(35)20-9-10-21(23(16-20)39-27(29,30)31)18-32-11-13-33(14-12-32)25(36)40-26(2,3)4/h6-10,15-16H,5,11-14,17-18H2,1-4H3. The zero-order valence-corrected chi connectivity index (χ0v) is 24.8. The number of nitrogens with zero attached hydrogens (tertiary/aromatic N) is 3. The molecule has 41 heavy (non-hydrogen) atoms. The summed E-state index contributed by atoms with van der Waals surface area (Å²) in [7, 11) is -4.10. The molecule has 0 radical (unpaired) electrons. The number of amides is 2. The first-order valence-corrected chi connectivity index (χ1v) is 14.8. The lowest BCUT2D eigenvalue weighted by molar-refractivity contribution is -0.275. The van der Waals surface area contributed by atoms with Gasteiger partial charge in [-0.1, -0.05) is 29.8 Å². The number of piperazine rings is 1.